The fraction of sp³-hybridized carbons (Fsp3) is 0.929. The van der Waals surface area contributed by atoms with E-state index >= 15 is 0 Å². The lowest BCUT2D eigenvalue weighted by Gasteiger charge is -2.27. The van der Waals surface area contributed by atoms with Crippen molar-refractivity contribution in [3.8, 4) is 0 Å². The number of aliphatic hydroxyl groups excluding tert-OH is 1. The fourth-order valence-electron chi connectivity index (χ4n) is 2.65. The van der Waals surface area contributed by atoms with Crippen LogP contribution in [0.1, 0.15) is 38.5 Å². The van der Waals surface area contributed by atoms with Crippen LogP contribution in [0, 0.1) is 5.92 Å². The molecule has 5 heteroatoms. The molecule has 1 aliphatic rings. The third-order valence-electron chi connectivity index (χ3n) is 3.95. The van der Waals surface area contributed by atoms with Crippen LogP contribution in [-0.2, 0) is 9.53 Å². The average molecular weight is 272 g/mol. The third kappa shape index (κ3) is 6.36. The lowest BCUT2D eigenvalue weighted by Crippen LogP contribution is -2.36. The summed E-state index contributed by atoms with van der Waals surface area (Å²) in [4.78, 5) is 13.8. The highest BCUT2D eigenvalue weighted by molar-refractivity contribution is 5.76. The van der Waals surface area contributed by atoms with Gasteiger partial charge in [0.2, 0.25) is 5.91 Å². The summed E-state index contributed by atoms with van der Waals surface area (Å²) in [6.07, 6.45) is 5.98. The van der Waals surface area contributed by atoms with Gasteiger partial charge in [-0.1, -0.05) is 0 Å². The van der Waals surface area contributed by atoms with Gasteiger partial charge in [-0.2, -0.15) is 0 Å². The molecule has 1 rings (SSSR count). The van der Waals surface area contributed by atoms with Crippen molar-refractivity contribution < 1.29 is 14.6 Å². The van der Waals surface area contributed by atoms with Crippen molar-refractivity contribution in [2.75, 3.05) is 33.4 Å². The van der Waals surface area contributed by atoms with E-state index < -0.39 is 0 Å². The molecule has 0 saturated heterocycles. The van der Waals surface area contributed by atoms with Crippen LogP contribution in [0.5, 0.6) is 0 Å². The molecular formula is C14H28N2O3. The zero-order valence-electron chi connectivity index (χ0n) is 12.0. The summed E-state index contributed by atoms with van der Waals surface area (Å²) in [6, 6.07) is 0.361. The van der Waals surface area contributed by atoms with Gasteiger partial charge in [0.1, 0.15) is 0 Å². The summed E-state index contributed by atoms with van der Waals surface area (Å²) in [5.74, 6) is 0.767. The zero-order valence-corrected chi connectivity index (χ0v) is 12.0. The summed E-state index contributed by atoms with van der Waals surface area (Å²) in [5.41, 5.74) is 5.88. The molecule has 0 aromatic heterocycles. The van der Waals surface area contributed by atoms with Crippen molar-refractivity contribution in [1.29, 1.82) is 0 Å². The van der Waals surface area contributed by atoms with Crippen molar-refractivity contribution in [2.24, 2.45) is 11.7 Å². The lowest BCUT2D eigenvalue weighted by atomic mass is 9.84. The van der Waals surface area contributed by atoms with Gasteiger partial charge in [-0.3, -0.25) is 4.79 Å². The van der Waals surface area contributed by atoms with Crippen molar-refractivity contribution >= 4 is 5.91 Å². The number of hydrogen-bond donors (Lipinski definition) is 2. The Hall–Kier alpha value is -0.650. The summed E-state index contributed by atoms with van der Waals surface area (Å²) in [6.45, 7) is 1.49. The molecule has 0 aromatic rings. The van der Waals surface area contributed by atoms with Gasteiger partial charge < -0.3 is 20.5 Å². The minimum absolute atomic E-state index is 0.00768. The first-order chi connectivity index (χ1) is 9.17. The molecule has 0 unspecified atom stereocenters. The molecule has 1 fully saturated rings. The predicted molar refractivity (Wildman–Crippen MR) is 74.7 cm³/mol. The van der Waals surface area contributed by atoms with E-state index in [0.717, 1.165) is 32.1 Å². The first-order valence-electron chi connectivity index (χ1n) is 7.30. The highest BCUT2D eigenvalue weighted by Crippen LogP contribution is 2.27. The molecular weight excluding hydrogens is 244 g/mol. The van der Waals surface area contributed by atoms with Gasteiger partial charge >= 0.3 is 0 Å². The van der Waals surface area contributed by atoms with Crippen LogP contribution in [0.25, 0.3) is 0 Å². The molecule has 0 bridgehead atoms. The molecule has 1 amide bonds. The van der Waals surface area contributed by atoms with Gasteiger partial charge in [0.15, 0.2) is 0 Å². The second kappa shape index (κ2) is 9.28. The monoisotopic (exact) mass is 272 g/mol. The summed E-state index contributed by atoms with van der Waals surface area (Å²) in [5, 5.41) is 8.98. The molecule has 5 nitrogen and oxygen atoms in total. The van der Waals surface area contributed by atoms with Crippen LogP contribution < -0.4 is 5.73 Å². The highest BCUT2D eigenvalue weighted by Gasteiger charge is 2.20. The van der Waals surface area contributed by atoms with Crippen molar-refractivity contribution in [1.82, 2.24) is 4.90 Å². The van der Waals surface area contributed by atoms with Crippen LogP contribution in [-0.4, -0.2) is 55.4 Å². The maximum atomic E-state index is 12.1. The van der Waals surface area contributed by atoms with Crippen molar-refractivity contribution in [3.05, 3.63) is 0 Å². The minimum Gasteiger partial charge on any atom is -0.395 e. The maximum Gasteiger partial charge on any atom is 0.222 e. The molecule has 1 saturated carbocycles. The molecule has 0 heterocycles. The van der Waals surface area contributed by atoms with Gasteiger partial charge in [-0.15, -0.1) is 0 Å². The van der Waals surface area contributed by atoms with Gasteiger partial charge in [0, 0.05) is 32.7 Å². The Kier molecular flexibility index (Phi) is 8.02. The smallest absolute Gasteiger partial charge is 0.222 e. The van der Waals surface area contributed by atoms with Gasteiger partial charge in [0.25, 0.3) is 0 Å². The molecule has 0 atom stereocenters. The third-order valence-corrected chi connectivity index (χ3v) is 3.95. The number of nitrogens with zero attached hydrogens (tertiary/aromatic N) is 1. The molecule has 0 aromatic carbocycles. The normalized spacial score (nSPS) is 23.3. The summed E-state index contributed by atoms with van der Waals surface area (Å²) < 4.78 is 4.99. The van der Waals surface area contributed by atoms with Gasteiger partial charge in [0.05, 0.1) is 13.2 Å². The van der Waals surface area contributed by atoms with E-state index in [-0.39, 0.29) is 12.5 Å². The highest BCUT2D eigenvalue weighted by atomic mass is 16.5. The topological polar surface area (TPSA) is 75.8 Å². The number of nitrogens with two attached hydrogens (primary N) is 1. The first kappa shape index (κ1) is 16.4. The number of methoxy groups -OCH3 is 1. The molecule has 19 heavy (non-hydrogen) atoms. The quantitative estimate of drug-likeness (QED) is 0.684. The first-order valence-corrected chi connectivity index (χ1v) is 7.30. The van der Waals surface area contributed by atoms with Crippen LogP contribution in [0.2, 0.25) is 0 Å². The molecule has 3 N–H and O–H groups in total. The summed E-state index contributed by atoms with van der Waals surface area (Å²) >= 11 is 0. The Morgan fingerprint density at radius 2 is 2.00 bits per heavy atom. The average Bonchev–Trinajstić information content (AvgIpc) is 2.42. The van der Waals surface area contributed by atoms with E-state index in [1.54, 1.807) is 12.0 Å². The SMILES string of the molecule is COCCN(CCO)C(=O)CCC1CCC(N)CC1. The van der Waals surface area contributed by atoms with E-state index in [0.29, 0.717) is 38.1 Å². The second-order valence-electron chi connectivity index (χ2n) is 5.42. The molecule has 0 aliphatic heterocycles. The second-order valence-corrected chi connectivity index (χ2v) is 5.42. The van der Waals surface area contributed by atoms with Crippen molar-refractivity contribution in [3.63, 3.8) is 0 Å². The van der Waals surface area contributed by atoms with E-state index in [1.165, 1.54) is 0 Å². The molecule has 112 valence electrons. The number of amides is 1. The Morgan fingerprint density at radius 1 is 1.32 bits per heavy atom. The van der Waals surface area contributed by atoms with Crippen LogP contribution in [0.3, 0.4) is 0 Å². The molecule has 0 spiro atoms. The largest absolute Gasteiger partial charge is 0.395 e. The van der Waals surface area contributed by atoms with Crippen molar-refractivity contribution in [2.45, 2.75) is 44.6 Å². The van der Waals surface area contributed by atoms with Crippen LogP contribution >= 0.6 is 0 Å². The standard InChI is InChI=1S/C14H28N2O3/c1-19-11-9-16(8-10-17)14(18)7-4-12-2-5-13(15)6-3-12/h12-13,17H,2-11,15H2,1H3. The Bertz CT molecular complexity index is 253. The number of carbonyl (C=O) groups excluding carboxylic acids is 1. The number of carbonyl (C=O) groups is 1. The minimum atomic E-state index is 0.00768. The summed E-state index contributed by atoms with van der Waals surface area (Å²) in [7, 11) is 1.62. The number of hydrogen-bond acceptors (Lipinski definition) is 4. The maximum absolute atomic E-state index is 12.1. The Labute approximate surface area is 116 Å². The Balaban J connectivity index is 2.26. The predicted octanol–water partition coefficient (Wildman–Crippen LogP) is 0.751. The van der Waals surface area contributed by atoms with E-state index in [2.05, 4.69) is 0 Å². The lowest BCUT2D eigenvalue weighted by molar-refractivity contribution is -0.132. The van der Waals surface area contributed by atoms with Gasteiger partial charge in [-0.05, 0) is 38.0 Å². The number of rotatable bonds is 8. The van der Waals surface area contributed by atoms with Crippen LogP contribution in [0.4, 0.5) is 0 Å². The van der Waals surface area contributed by atoms with E-state index in [9.17, 15) is 4.79 Å². The van der Waals surface area contributed by atoms with E-state index in [1.807, 2.05) is 0 Å². The fourth-order valence-corrected chi connectivity index (χ4v) is 2.65. The number of aliphatic hydroxyl groups is 1. The van der Waals surface area contributed by atoms with Crippen LogP contribution in [0.15, 0.2) is 0 Å². The van der Waals surface area contributed by atoms with Gasteiger partial charge in [-0.25, -0.2) is 0 Å². The number of ether oxygens (including phenoxy) is 1. The molecule has 1 aliphatic carbocycles. The van der Waals surface area contributed by atoms with E-state index in [4.69, 9.17) is 15.6 Å². The Morgan fingerprint density at radius 3 is 2.58 bits per heavy atom. The zero-order chi connectivity index (χ0) is 14.1. The molecule has 0 radical (unpaired) electrons.